The average Bonchev–Trinajstić information content (AvgIpc) is 2.82. The molecule has 1 aromatic heterocycles. The van der Waals surface area contributed by atoms with Crippen LogP contribution >= 0.6 is 11.3 Å². The Kier molecular flexibility index (Phi) is 5.71. The number of carbonyl (C=O) groups excluding carboxylic acids is 2. The van der Waals surface area contributed by atoms with Crippen molar-refractivity contribution in [3.8, 4) is 0 Å². The molecule has 0 aliphatic carbocycles. The van der Waals surface area contributed by atoms with Crippen molar-refractivity contribution in [2.75, 3.05) is 18.5 Å². The Morgan fingerprint density at radius 3 is 2.55 bits per heavy atom. The van der Waals surface area contributed by atoms with Crippen molar-refractivity contribution >= 4 is 28.2 Å². The van der Waals surface area contributed by atoms with Crippen LogP contribution in [0.2, 0.25) is 0 Å². The first kappa shape index (κ1) is 16.7. The molecule has 0 bridgehead atoms. The number of nitrogens with one attached hydrogen (secondary N) is 1. The fourth-order valence-corrected chi connectivity index (χ4v) is 2.41. The van der Waals surface area contributed by atoms with Crippen LogP contribution in [-0.4, -0.2) is 25.0 Å². The second-order valence-corrected chi connectivity index (χ2v) is 6.21. The normalized spacial score (nSPS) is 11.2. The standard InChI is InChI=1S/C14H22N2O3S/c1-5-9-7-10(12(17)19-6-2)11(20-9)16-13(18)14(3,4)8-15/h7H,5-6,8,15H2,1-4H3,(H,16,18). The molecule has 1 amide bonds. The Hall–Kier alpha value is -1.40. The number of esters is 1. The highest BCUT2D eigenvalue weighted by molar-refractivity contribution is 7.16. The fourth-order valence-electron chi connectivity index (χ4n) is 1.43. The van der Waals surface area contributed by atoms with Crippen LogP contribution in [0.4, 0.5) is 5.00 Å². The van der Waals surface area contributed by atoms with E-state index in [1.165, 1.54) is 11.3 Å². The van der Waals surface area contributed by atoms with Crippen LogP contribution in [0.3, 0.4) is 0 Å². The Morgan fingerprint density at radius 2 is 2.05 bits per heavy atom. The van der Waals surface area contributed by atoms with Crippen LogP contribution in [0.15, 0.2) is 6.07 Å². The molecule has 0 saturated heterocycles. The molecule has 1 heterocycles. The maximum Gasteiger partial charge on any atom is 0.341 e. The first-order valence-corrected chi connectivity index (χ1v) is 7.48. The molecule has 0 atom stereocenters. The molecule has 0 fully saturated rings. The Bertz CT molecular complexity index is 495. The van der Waals surface area contributed by atoms with Crippen molar-refractivity contribution in [2.24, 2.45) is 11.1 Å². The van der Waals surface area contributed by atoms with Crippen LogP contribution in [0, 0.1) is 5.41 Å². The zero-order valence-corrected chi connectivity index (χ0v) is 13.2. The Balaban J connectivity index is 3.02. The molecule has 0 saturated carbocycles. The summed E-state index contributed by atoms with van der Waals surface area (Å²) >= 11 is 1.40. The van der Waals surface area contributed by atoms with E-state index in [4.69, 9.17) is 10.5 Å². The lowest BCUT2D eigenvalue weighted by Gasteiger charge is -2.21. The van der Waals surface area contributed by atoms with Gasteiger partial charge in [0.2, 0.25) is 5.91 Å². The summed E-state index contributed by atoms with van der Waals surface area (Å²) in [6.07, 6.45) is 0.799. The number of ether oxygens (including phenoxy) is 1. The molecule has 0 unspecified atom stereocenters. The van der Waals surface area contributed by atoms with Crippen LogP contribution < -0.4 is 11.1 Å². The number of nitrogens with two attached hydrogens (primary N) is 1. The highest BCUT2D eigenvalue weighted by atomic mass is 32.1. The third-order valence-corrected chi connectivity index (χ3v) is 4.17. The van der Waals surface area contributed by atoms with Crippen LogP contribution in [0.5, 0.6) is 0 Å². The summed E-state index contributed by atoms with van der Waals surface area (Å²) in [5.41, 5.74) is 5.32. The van der Waals surface area contributed by atoms with E-state index in [0.717, 1.165) is 11.3 Å². The van der Waals surface area contributed by atoms with E-state index in [0.29, 0.717) is 17.2 Å². The van der Waals surface area contributed by atoms with Crippen molar-refractivity contribution in [3.63, 3.8) is 0 Å². The molecule has 6 heteroatoms. The first-order chi connectivity index (χ1) is 9.35. The van der Waals surface area contributed by atoms with E-state index in [1.54, 1.807) is 26.8 Å². The molecule has 0 aliphatic rings. The van der Waals surface area contributed by atoms with Crippen molar-refractivity contribution in [1.82, 2.24) is 0 Å². The Morgan fingerprint density at radius 1 is 1.40 bits per heavy atom. The van der Waals surface area contributed by atoms with E-state index in [2.05, 4.69) is 5.32 Å². The number of hydrogen-bond donors (Lipinski definition) is 2. The molecule has 0 spiro atoms. The number of thiophene rings is 1. The van der Waals surface area contributed by atoms with Crippen molar-refractivity contribution in [1.29, 1.82) is 0 Å². The monoisotopic (exact) mass is 298 g/mol. The van der Waals surface area contributed by atoms with Gasteiger partial charge < -0.3 is 15.8 Å². The molecule has 20 heavy (non-hydrogen) atoms. The van der Waals surface area contributed by atoms with Gasteiger partial charge in [0.1, 0.15) is 5.00 Å². The number of hydrogen-bond acceptors (Lipinski definition) is 5. The molecule has 0 aromatic carbocycles. The van der Waals surface area contributed by atoms with Gasteiger partial charge in [-0.2, -0.15) is 0 Å². The van der Waals surface area contributed by atoms with Crippen LogP contribution in [-0.2, 0) is 16.0 Å². The zero-order chi connectivity index (χ0) is 15.3. The summed E-state index contributed by atoms with van der Waals surface area (Å²) < 4.78 is 5.01. The van der Waals surface area contributed by atoms with E-state index in [9.17, 15) is 9.59 Å². The third-order valence-electron chi connectivity index (χ3n) is 2.98. The van der Waals surface area contributed by atoms with E-state index >= 15 is 0 Å². The minimum absolute atomic E-state index is 0.199. The molecular formula is C14H22N2O3S. The van der Waals surface area contributed by atoms with E-state index in [1.807, 2.05) is 6.92 Å². The third kappa shape index (κ3) is 3.80. The largest absolute Gasteiger partial charge is 0.462 e. The van der Waals surface area contributed by atoms with Gasteiger partial charge in [0.15, 0.2) is 0 Å². The highest BCUT2D eigenvalue weighted by Crippen LogP contribution is 2.30. The van der Waals surface area contributed by atoms with Gasteiger partial charge in [-0.3, -0.25) is 4.79 Å². The molecule has 0 radical (unpaired) electrons. The average molecular weight is 298 g/mol. The van der Waals surface area contributed by atoms with Crippen molar-refractivity contribution in [3.05, 3.63) is 16.5 Å². The van der Waals surface area contributed by atoms with Crippen LogP contribution in [0.1, 0.15) is 42.9 Å². The topological polar surface area (TPSA) is 81.4 Å². The van der Waals surface area contributed by atoms with Crippen molar-refractivity contribution in [2.45, 2.75) is 34.1 Å². The maximum atomic E-state index is 12.2. The number of aryl methyl sites for hydroxylation is 1. The minimum atomic E-state index is -0.678. The lowest BCUT2D eigenvalue weighted by Crippen LogP contribution is -2.37. The second kappa shape index (κ2) is 6.85. The zero-order valence-electron chi connectivity index (χ0n) is 12.4. The lowest BCUT2D eigenvalue weighted by atomic mass is 9.93. The summed E-state index contributed by atoms with van der Waals surface area (Å²) in [6.45, 7) is 7.82. The first-order valence-electron chi connectivity index (χ1n) is 6.67. The second-order valence-electron chi connectivity index (χ2n) is 5.07. The molecule has 0 aliphatic heterocycles. The van der Waals surface area contributed by atoms with Crippen LogP contribution in [0.25, 0.3) is 0 Å². The molecule has 3 N–H and O–H groups in total. The quantitative estimate of drug-likeness (QED) is 0.790. The molecule has 5 nitrogen and oxygen atoms in total. The van der Waals surface area contributed by atoms with E-state index in [-0.39, 0.29) is 12.5 Å². The molecule has 1 rings (SSSR count). The lowest BCUT2D eigenvalue weighted by molar-refractivity contribution is -0.123. The molecule has 1 aromatic rings. The number of rotatable bonds is 6. The SMILES string of the molecule is CCOC(=O)c1cc(CC)sc1NC(=O)C(C)(C)CN. The number of carbonyl (C=O) groups is 2. The predicted octanol–water partition coefficient (Wildman–Crippen LogP) is 2.41. The predicted molar refractivity (Wildman–Crippen MR) is 81.1 cm³/mol. The maximum absolute atomic E-state index is 12.2. The van der Waals surface area contributed by atoms with Gasteiger partial charge in [0, 0.05) is 11.4 Å². The highest BCUT2D eigenvalue weighted by Gasteiger charge is 2.28. The summed E-state index contributed by atoms with van der Waals surface area (Å²) in [7, 11) is 0. The smallest absolute Gasteiger partial charge is 0.341 e. The fraction of sp³-hybridized carbons (Fsp3) is 0.571. The van der Waals surface area contributed by atoms with Gasteiger partial charge in [-0.15, -0.1) is 11.3 Å². The van der Waals surface area contributed by atoms with Crippen molar-refractivity contribution < 1.29 is 14.3 Å². The van der Waals surface area contributed by atoms with Gasteiger partial charge in [0.05, 0.1) is 17.6 Å². The van der Waals surface area contributed by atoms with Gasteiger partial charge in [-0.05, 0) is 33.3 Å². The summed E-state index contributed by atoms with van der Waals surface area (Å²) in [5, 5.41) is 3.33. The van der Waals surface area contributed by atoms with Gasteiger partial charge in [0.25, 0.3) is 0 Å². The Labute approximate surface area is 123 Å². The number of amides is 1. The van der Waals surface area contributed by atoms with Gasteiger partial charge in [-0.25, -0.2) is 4.79 Å². The minimum Gasteiger partial charge on any atom is -0.462 e. The molecular weight excluding hydrogens is 276 g/mol. The van der Waals surface area contributed by atoms with Gasteiger partial charge in [-0.1, -0.05) is 6.92 Å². The number of anilines is 1. The van der Waals surface area contributed by atoms with E-state index < -0.39 is 11.4 Å². The summed E-state index contributed by atoms with van der Waals surface area (Å²) in [5.74, 6) is -0.612. The summed E-state index contributed by atoms with van der Waals surface area (Å²) in [4.78, 5) is 25.1. The summed E-state index contributed by atoms with van der Waals surface area (Å²) in [6, 6.07) is 1.77. The molecule has 112 valence electrons. The van der Waals surface area contributed by atoms with Gasteiger partial charge >= 0.3 is 5.97 Å².